The monoisotopic (exact) mass is 384 g/mol. The Balaban J connectivity index is 1.56. The van der Waals surface area contributed by atoms with E-state index in [1.54, 1.807) is 0 Å². The van der Waals surface area contributed by atoms with Crippen LogP contribution in [0.25, 0.3) is 0 Å². The van der Waals surface area contributed by atoms with Gasteiger partial charge in [-0.25, -0.2) is 4.39 Å². The molecule has 2 bridgehead atoms. The van der Waals surface area contributed by atoms with Crippen molar-refractivity contribution in [3.05, 3.63) is 50.7 Å². The number of hydrogen-bond acceptors (Lipinski definition) is 3. The Morgan fingerprint density at radius 2 is 1.79 bits per heavy atom. The van der Waals surface area contributed by atoms with Crippen LogP contribution in [0.3, 0.4) is 0 Å². The molecule has 0 N–H and O–H groups in total. The number of nitrogens with zero attached hydrogens (tertiary/aromatic N) is 2. The van der Waals surface area contributed by atoms with Crippen molar-refractivity contribution in [3.63, 3.8) is 0 Å². The molecule has 7 heteroatoms. The minimum absolute atomic E-state index is 0.117. The highest BCUT2D eigenvalue weighted by molar-refractivity contribution is 7.11. The molecule has 1 aromatic heterocycles. The molecule has 0 aliphatic carbocycles. The number of carbonyl (C=O) groups excluding carboxylic acids is 1. The van der Waals surface area contributed by atoms with E-state index < -0.39 is 0 Å². The molecule has 0 radical (unpaired) electrons. The van der Waals surface area contributed by atoms with Crippen LogP contribution in [0, 0.1) is 5.82 Å². The average Bonchev–Trinajstić information content (AvgIpc) is 3.04. The molecule has 2 saturated heterocycles. The van der Waals surface area contributed by atoms with Crippen molar-refractivity contribution in [2.24, 2.45) is 0 Å². The summed E-state index contributed by atoms with van der Waals surface area (Å²) in [5.74, 6) is 0.0271. The molecule has 3 heterocycles. The first kappa shape index (κ1) is 16.3. The van der Waals surface area contributed by atoms with E-state index in [-0.39, 0.29) is 34.5 Å². The van der Waals surface area contributed by atoms with Gasteiger partial charge in [0.25, 0.3) is 5.91 Å². The van der Waals surface area contributed by atoms with Gasteiger partial charge in [0.15, 0.2) is 5.69 Å². The largest absolute Gasteiger partial charge is 0.331 e. The summed E-state index contributed by atoms with van der Waals surface area (Å²) in [6.07, 6.45) is 3.76. The average molecular weight is 385 g/mol. The molecular formula is C17H15Cl2FN2OS. The molecule has 2 aliphatic rings. The number of aromatic nitrogens is 1. The lowest BCUT2D eigenvalue weighted by atomic mass is 9.85. The topological polar surface area (TPSA) is 33.2 Å². The smallest absolute Gasteiger partial charge is 0.275 e. The molecule has 3 nitrogen and oxygen atoms in total. The Bertz CT molecular complexity index is 765. The van der Waals surface area contributed by atoms with Crippen LogP contribution in [0.5, 0.6) is 0 Å². The van der Waals surface area contributed by atoms with Crippen LogP contribution in [-0.4, -0.2) is 27.3 Å². The highest BCUT2D eigenvalue weighted by Crippen LogP contribution is 2.44. The Kier molecular flexibility index (Phi) is 4.27. The molecule has 2 atom stereocenters. The first-order chi connectivity index (χ1) is 11.5. The predicted molar refractivity (Wildman–Crippen MR) is 93.5 cm³/mol. The molecule has 0 spiro atoms. The van der Waals surface area contributed by atoms with Crippen molar-refractivity contribution in [1.82, 2.24) is 9.27 Å². The van der Waals surface area contributed by atoms with E-state index >= 15 is 0 Å². The number of benzene rings is 1. The number of rotatable bonds is 2. The van der Waals surface area contributed by atoms with Gasteiger partial charge in [0, 0.05) is 12.1 Å². The van der Waals surface area contributed by atoms with Crippen LogP contribution in [0.2, 0.25) is 9.36 Å². The van der Waals surface area contributed by atoms with Gasteiger partial charge < -0.3 is 4.90 Å². The Hall–Kier alpha value is -1.17. The van der Waals surface area contributed by atoms with Crippen LogP contribution < -0.4 is 0 Å². The quantitative estimate of drug-likeness (QED) is 0.717. The molecule has 0 saturated carbocycles. The van der Waals surface area contributed by atoms with Gasteiger partial charge in [0.05, 0.1) is 0 Å². The fraction of sp³-hybridized carbons (Fsp3) is 0.412. The first-order valence-electron chi connectivity index (χ1n) is 7.93. The van der Waals surface area contributed by atoms with Crippen LogP contribution in [-0.2, 0) is 0 Å². The number of hydrogen-bond donors (Lipinski definition) is 0. The third-order valence-electron chi connectivity index (χ3n) is 5.11. The second kappa shape index (κ2) is 6.28. The third-order valence-corrected chi connectivity index (χ3v) is 6.72. The lowest BCUT2D eigenvalue weighted by Crippen LogP contribution is -2.46. The lowest BCUT2D eigenvalue weighted by Gasteiger charge is -2.39. The highest BCUT2D eigenvalue weighted by Gasteiger charge is 2.44. The van der Waals surface area contributed by atoms with E-state index in [9.17, 15) is 9.18 Å². The Labute approximate surface area is 153 Å². The maximum atomic E-state index is 13.1. The van der Waals surface area contributed by atoms with Gasteiger partial charge in [0.2, 0.25) is 0 Å². The summed E-state index contributed by atoms with van der Waals surface area (Å²) in [7, 11) is 0. The summed E-state index contributed by atoms with van der Waals surface area (Å²) >= 11 is 13.1. The third kappa shape index (κ3) is 2.72. The van der Waals surface area contributed by atoms with Gasteiger partial charge in [-0.3, -0.25) is 4.79 Å². The number of fused-ring (bicyclic) bond motifs is 2. The van der Waals surface area contributed by atoms with Crippen LogP contribution in [0.15, 0.2) is 24.3 Å². The van der Waals surface area contributed by atoms with E-state index in [0.29, 0.717) is 10.3 Å². The van der Waals surface area contributed by atoms with Crippen molar-refractivity contribution >= 4 is 40.6 Å². The highest BCUT2D eigenvalue weighted by atomic mass is 35.5. The van der Waals surface area contributed by atoms with Gasteiger partial charge in [-0.2, -0.15) is 4.37 Å². The van der Waals surface area contributed by atoms with E-state index in [1.165, 1.54) is 12.1 Å². The van der Waals surface area contributed by atoms with Gasteiger partial charge >= 0.3 is 0 Å². The van der Waals surface area contributed by atoms with E-state index in [0.717, 1.165) is 42.8 Å². The van der Waals surface area contributed by atoms with Crippen LogP contribution >= 0.6 is 34.7 Å². The summed E-state index contributed by atoms with van der Waals surface area (Å²) in [4.78, 5) is 14.8. The van der Waals surface area contributed by atoms with Gasteiger partial charge in [-0.05, 0) is 60.8 Å². The zero-order valence-corrected chi connectivity index (χ0v) is 15.0. The van der Waals surface area contributed by atoms with Crippen LogP contribution in [0.4, 0.5) is 4.39 Å². The molecule has 126 valence electrons. The second-order valence-electron chi connectivity index (χ2n) is 6.44. The van der Waals surface area contributed by atoms with Gasteiger partial charge in [-0.15, -0.1) is 0 Å². The molecular weight excluding hydrogens is 370 g/mol. The fourth-order valence-electron chi connectivity index (χ4n) is 4.03. The molecule has 2 aliphatic heterocycles. The number of halogens is 3. The molecule has 2 aromatic rings. The van der Waals surface area contributed by atoms with Gasteiger partial charge in [0.1, 0.15) is 15.2 Å². The summed E-state index contributed by atoms with van der Waals surface area (Å²) in [6, 6.07) is 7.09. The molecule has 2 fully saturated rings. The zero-order valence-electron chi connectivity index (χ0n) is 12.7. The maximum absolute atomic E-state index is 13.1. The van der Waals surface area contributed by atoms with Crippen molar-refractivity contribution in [3.8, 4) is 0 Å². The Morgan fingerprint density at radius 1 is 1.17 bits per heavy atom. The fourth-order valence-corrected chi connectivity index (χ4v) is 5.02. The first-order valence-corrected chi connectivity index (χ1v) is 9.46. The molecule has 1 amide bonds. The summed E-state index contributed by atoms with van der Waals surface area (Å²) in [6.45, 7) is 0. The van der Waals surface area contributed by atoms with Gasteiger partial charge in [-0.1, -0.05) is 35.3 Å². The Morgan fingerprint density at radius 3 is 2.33 bits per heavy atom. The van der Waals surface area contributed by atoms with Crippen molar-refractivity contribution in [2.75, 3.05) is 0 Å². The normalized spacial score (nSPS) is 26.0. The zero-order chi connectivity index (χ0) is 16.8. The van der Waals surface area contributed by atoms with E-state index in [4.69, 9.17) is 23.2 Å². The molecule has 4 rings (SSSR count). The minimum atomic E-state index is -0.218. The predicted octanol–water partition coefficient (Wildman–Crippen LogP) is 5.14. The lowest BCUT2D eigenvalue weighted by molar-refractivity contribution is 0.0567. The van der Waals surface area contributed by atoms with E-state index in [2.05, 4.69) is 4.37 Å². The van der Waals surface area contributed by atoms with Crippen molar-refractivity contribution < 1.29 is 9.18 Å². The number of piperidine rings is 1. The van der Waals surface area contributed by atoms with Crippen molar-refractivity contribution in [1.29, 1.82) is 0 Å². The molecule has 0 unspecified atom stereocenters. The van der Waals surface area contributed by atoms with Crippen molar-refractivity contribution in [2.45, 2.75) is 43.7 Å². The molecule has 1 aromatic carbocycles. The summed E-state index contributed by atoms with van der Waals surface area (Å²) < 4.78 is 17.6. The van der Waals surface area contributed by atoms with E-state index in [1.807, 2.05) is 17.0 Å². The maximum Gasteiger partial charge on any atom is 0.275 e. The number of amides is 1. The van der Waals surface area contributed by atoms with Crippen LogP contribution in [0.1, 0.15) is 47.7 Å². The summed E-state index contributed by atoms with van der Waals surface area (Å²) in [5, 5.41) is 0.256. The molecule has 24 heavy (non-hydrogen) atoms. The second-order valence-corrected chi connectivity index (χ2v) is 8.19. The number of carbonyl (C=O) groups is 1. The minimum Gasteiger partial charge on any atom is -0.331 e. The SMILES string of the molecule is O=C(c1nsc(Cl)c1Cl)N1[C@H]2CC[C@H]1CC(c1ccc(F)cc1)C2. The summed E-state index contributed by atoms with van der Waals surface area (Å²) in [5.41, 5.74) is 1.42. The standard InChI is InChI=1S/C17H15Cl2FN2OS/c18-14-15(21-24-16(14)19)17(23)22-12-5-6-13(22)8-10(7-12)9-1-3-11(20)4-2-9/h1-4,10,12-13H,5-8H2/t12-,13-/m0/s1.